The largest absolute Gasteiger partial charge is 0.455 e. The zero-order valence-electron chi connectivity index (χ0n) is 32.9. The second-order valence-electron chi connectivity index (χ2n) is 16.5. The van der Waals surface area contributed by atoms with Gasteiger partial charge < -0.3 is 9.32 Å². The van der Waals surface area contributed by atoms with E-state index in [9.17, 15) is 0 Å². The number of fused-ring (bicyclic) bond motifs is 10. The van der Waals surface area contributed by atoms with Gasteiger partial charge >= 0.3 is 0 Å². The highest BCUT2D eigenvalue weighted by atomic mass is 16.3. The summed E-state index contributed by atoms with van der Waals surface area (Å²) in [5, 5.41) is 9.33. The Morgan fingerprint density at radius 1 is 0.390 bits per heavy atom. The maximum atomic E-state index is 6.93. The van der Waals surface area contributed by atoms with Crippen molar-refractivity contribution in [2.75, 3.05) is 4.90 Å². The van der Waals surface area contributed by atoms with E-state index in [1.54, 1.807) is 0 Å². The number of furan rings is 1. The number of anilines is 3. The van der Waals surface area contributed by atoms with Crippen LogP contribution in [-0.2, 0) is 5.41 Å². The average molecular weight is 754 g/mol. The number of hydrogen-bond acceptors (Lipinski definition) is 2. The van der Waals surface area contributed by atoms with Crippen LogP contribution in [0.1, 0.15) is 25.0 Å². The van der Waals surface area contributed by atoms with Gasteiger partial charge in [-0.1, -0.05) is 159 Å². The predicted octanol–water partition coefficient (Wildman–Crippen LogP) is 16.2. The lowest BCUT2D eigenvalue weighted by atomic mass is 9.80. The number of nitrogens with zero attached hydrogens (tertiary/aromatic N) is 1. The van der Waals surface area contributed by atoms with Crippen LogP contribution >= 0.6 is 0 Å². The monoisotopic (exact) mass is 753 g/mol. The number of benzene rings is 10. The Labute approximate surface area is 343 Å². The molecule has 2 nitrogen and oxygen atoms in total. The number of rotatable bonds is 5. The molecule has 2 heteroatoms. The van der Waals surface area contributed by atoms with E-state index >= 15 is 0 Å². The molecule has 0 unspecified atom stereocenters. The molecule has 0 radical (unpaired) electrons. The minimum atomic E-state index is -0.166. The van der Waals surface area contributed by atoms with Gasteiger partial charge in [-0.15, -0.1) is 0 Å². The molecule has 0 fully saturated rings. The van der Waals surface area contributed by atoms with Crippen LogP contribution in [0, 0.1) is 0 Å². The van der Waals surface area contributed by atoms with E-state index in [4.69, 9.17) is 4.42 Å². The van der Waals surface area contributed by atoms with Gasteiger partial charge in [-0.2, -0.15) is 0 Å². The van der Waals surface area contributed by atoms with E-state index < -0.39 is 0 Å². The molecule has 0 aliphatic heterocycles. The summed E-state index contributed by atoms with van der Waals surface area (Å²) >= 11 is 0. The number of hydrogen-bond donors (Lipinski definition) is 0. The third kappa shape index (κ3) is 5.20. The highest BCUT2D eigenvalue weighted by Gasteiger charge is 2.36. The summed E-state index contributed by atoms with van der Waals surface area (Å²) in [6.07, 6.45) is 0. The summed E-state index contributed by atoms with van der Waals surface area (Å²) in [6, 6.07) is 73.2. The summed E-state index contributed by atoms with van der Waals surface area (Å²) in [5.41, 5.74) is 15.2. The molecule has 0 atom stereocenters. The Bertz CT molecular complexity index is 3400. The van der Waals surface area contributed by atoms with Crippen LogP contribution in [-0.4, -0.2) is 0 Å². The fourth-order valence-corrected chi connectivity index (χ4v) is 9.83. The molecule has 1 aliphatic carbocycles. The lowest BCUT2D eigenvalue weighted by Crippen LogP contribution is -2.15. The normalized spacial score (nSPS) is 13.1. The third-order valence-electron chi connectivity index (χ3n) is 12.8. The Kier molecular flexibility index (Phi) is 7.31. The van der Waals surface area contributed by atoms with E-state index in [0.29, 0.717) is 0 Å². The summed E-state index contributed by atoms with van der Waals surface area (Å²) < 4.78 is 6.93. The van der Waals surface area contributed by atoms with Crippen molar-refractivity contribution in [2.45, 2.75) is 19.3 Å². The quantitative estimate of drug-likeness (QED) is 0.174. The van der Waals surface area contributed by atoms with Crippen molar-refractivity contribution < 1.29 is 4.42 Å². The Hall–Kier alpha value is -7.42. The molecular weight excluding hydrogens is 715 g/mol. The minimum Gasteiger partial charge on any atom is -0.455 e. The molecule has 278 valence electrons. The van der Waals surface area contributed by atoms with Crippen molar-refractivity contribution in [3.8, 4) is 33.4 Å². The zero-order chi connectivity index (χ0) is 39.2. The molecule has 59 heavy (non-hydrogen) atoms. The van der Waals surface area contributed by atoms with E-state index in [0.717, 1.165) is 44.4 Å². The molecule has 0 spiro atoms. The first-order chi connectivity index (χ1) is 29.0. The summed E-state index contributed by atoms with van der Waals surface area (Å²) in [5.74, 6) is 0. The Morgan fingerprint density at radius 2 is 0.966 bits per heavy atom. The maximum absolute atomic E-state index is 6.93. The predicted molar refractivity (Wildman–Crippen MR) is 249 cm³/mol. The van der Waals surface area contributed by atoms with Gasteiger partial charge in [0.15, 0.2) is 0 Å². The molecule has 0 saturated carbocycles. The topological polar surface area (TPSA) is 16.4 Å². The van der Waals surface area contributed by atoms with Crippen molar-refractivity contribution in [2.24, 2.45) is 0 Å². The highest BCUT2D eigenvalue weighted by molar-refractivity contribution is 6.22. The minimum absolute atomic E-state index is 0.166. The van der Waals surface area contributed by atoms with Crippen molar-refractivity contribution in [3.05, 3.63) is 211 Å². The molecule has 1 heterocycles. The van der Waals surface area contributed by atoms with Crippen LogP contribution in [0.2, 0.25) is 0 Å². The van der Waals surface area contributed by atoms with Crippen LogP contribution in [0.4, 0.5) is 17.1 Å². The second-order valence-corrected chi connectivity index (χ2v) is 16.5. The van der Waals surface area contributed by atoms with Crippen molar-refractivity contribution in [1.82, 2.24) is 0 Å². The van der Waals surface area contributed by atoms with Crippen LogP contribution in [0.5, 0.6) is 0 Å². The molecule has 0 saturated heterocycles. The van der Waals surface area contributed by atoms with E-state index in [1.165, 1.54) is 71.4 Å². The fraction of sp³-hybridized carbons (Fsp3) is 0.0526. The van der Waals surface area contributed by atoms with E-state index in [2.05, 4.69) is 219 Å². The average Bonchev–Trinajstić information content (AvgIpc) is 3.78. The van der Waals surface area contributed by atoms with Crippen LogP contribution in [0.25, 0.3) is 87.6 Å². The molecule has 0 bridgehead atoms. The smallest absolute Gasteiger partial charge is 0.143 e. The molecule has 1 aliphatic rings. The molecule has 10 aromatic carbocycles. The Balaban J connectivity index is 1.08. The summed E-state index contributed by atoms with van der Waals surface area (Å²) in [6.45, 7) is 4.75. The van der Waals surface area contributed by atoms with Gasteiger partial charge in [-0.3, -0.25) is 0 Å². The van der Waals surface area contributed by atoms with Gasteiger partial charge in [0.25, 0.3) is 0 Å². The molecule has 0 amide bonds. The van der Waals surface area contributed by atoms with Crippen LogP contribution in [0.15, 0.2) is 205 Å². The zero-order valence-corrected chi connectivity index (χ0v) is 32.9. The van der Waals surface area contributed by atoms with Gasteiger partial charge in [0.1, 0.15) is 11.2 Å². The highest BCUT2D eigenvalue weighted by Crippen LogP contribution is 2.52. The van der Waals surface area contributed by atoms with Gasteiger partial charge in [-0.25, -0.2) is 0 Å². The Morgan fingerprint density at radius 3 is 1.64 bits per heavy atom. The fourth-order valence-electron chi connectivity index (χ4n) is 9.83. The van der Waals surface area contributed by atoms with Crippen molar-refractivity contribution in [3.63, 3.8) is 0 Å². The van der Waals surface area contributed by atoms with Gasteiger partial charge in [0.05, 0.1) is 11.1 Å². The van der Waals surface area contributed by atoms with Crippen LogP contribution < -0.4 is 4.90 Å². The van der Waals surface area contributed by atoms with Crippen molar-refractivity contribution >= 4 is 71.3 Å². The van der Waals surface area contributed by atoms with Crippen LogP contribution in [0.3, 0.4) is 0 Å². The molecule has 0 N–H and O–H groups in total. The maximum Gasteiger partial charge on any atom is 0.143 e. The van der Waals surface area contributed by atoms with E-state index in [1.807, 2.05) is 0 Å². The standard InChI is InChI=1S/C57H39NO/c1-57(2)51-33-41(36-13-4-3-5-14-36)25-29-46(51)47-30-26-42(34-52(47)57)49-35-50-55-53(21-12-22-54(55)59-56(50)48-20-11-10-19-45(48)49)58(43-27-23-37-15-6-8-17-39(37)31-43)44-28-24-38-16-7-9-18-40(38)32-44/h3-35H,1-2H3. The lowest BCUT2D eigenvalue weighted by molar-refractivity contribution is 0.661. The first-order valence-corrected chi connectivity index (χ1v) is 20.5. The van der Waals surface area contributed by atoms with Gasteiger partial charge in [0, 0.05) is 27.6 Å². The first-order valence-electron chi connectivity index (χ1n) is 20.5. The van der Waals surface area contributed by atoms with E-state index in [-0.39, 0.29) is 5.41 Å². The second kappa shape index (κ2) is 12.8. The van der Waals surface area contributed by atoms with Gasteiger partial charge in [-0.05, 0) is 126 Å². The molecule has 11 aromatic rings. The molecule has 1 aromatic heterocycles. The summed E-state index contributed by atoms with van der Waals surface area (Å²) in [4.78, 5) is 2.41. The molecular formula is C57H39NO. The third-order valence-corrected chi connectivity index (χ3v) is 12.8. The molecule has 12 rings (SSSR count). The summed E-state index contributed by atoms with van der Waals surface area (Å²) in [7, 11) is 0. The van der Waals surface area contributed by atoms with Gasteiger partial charge in [0.2, 0.25) is 0 Å². The SMILES string of the molecule is CC1(C)c2cc(-c3ccccc3)ccc2-c2ccc(-c3cc4c(oc5cccc(N(c6ccc7ccccc7c6)c6ccc7ccccc7c6)c54)c4ccccc34)cc21. The first kappa shape index (κ1) is 33.7. The lowest BCUT2D eigenvalue weighted by Gasteiger charge is -2.27. The van der Waals surface area contributed by atoms with Crippen molar-refractivity contribution in [1.29, 1.82) is 0 Å².